The van der Waals surface area contributed by atoms with Crippen molar-refractivity contribution in [2.24, 2.45) is 0 Å². The number of esters is 7. The van der Waals surface area contributed by atoms with Crippen molar-refractivity contribution in [1.82, 2.24) is 9.80 Å². The first-order chi connectivity index (χ1) is 38.6. The first-order valence-corrected chi connectivity index (χ1v) is 31.8. The molecule has 3 unspecified atom stereocenters. The molecule has 17 heteroatoms. The minimum absolute atomic E-state index is 0.0102. The van der Waals surface area contributed by atoms with Crippen molar-refractivity contribution in [2.45, 2.75) is 303 Å². The lowest BCUT2D eigenvalue weighted by Crippen LogP contribution is -2.48. The standard InChI is InChI=1S/C63H114N2O15/c1-9-15-20-23-25-27-29-36-46-74-60(70)48-54(79-57(67)40-31-18-12-4)62(72)76-50-52(65(45-35-34-44-64(7)8)56(66)42-43-59(69)78-53(38-14-6)39-33-22-17-11-3)51-77-63(73)55(80-58(68)41-32-19-13-5)49-61(71)75-47-37-30-28-26-24-21-16-10-2/h52-55H,9-51H2,1-8H3. The van der Waals surface area contributed by atoms with Crippen LogP contribution in [0.3, 0.4) is 0 Å². The maximum Gasteiger partial charge on any atom is 0.348 e. The molecule has 0 saturated carbocycles. The molecular formula is C63H114N2O15. The van der Waals surface area contributed by atoms with Gasteiger partial charge in [0.15, 0.2) is 0 Å². The van der Waals surface area contributed by atoms with E-state index in [1.54, 1.807) is 0 Å². The van der Waals surface area contributed by atoms with Gasteiger partial charge in [-0.1, -0.05) is 183 Å². The van der Waals surface area contributed by atoms with Crippen LogP contribution in [0.15, 0.2) is 0 Å². The molecule has 0 radical (unpaired) electrons. The number of hydrogen-bond acceptors (Lipinski definition) is 16. The van der Waals surface area contributed by atoms with E-state index < -0.39 is 92.0 Å². The minimum Gasteiger partial charge on any atom is -0.466 e. The maximum atomic E-state index is 14.5. The minimum atomic E-state index is -1.68. The Morgan fingerprint density at radius 3 is 1.16 bits per heavy atom. The number of hydrogen-bond donors (Lipinski definition) is 0. The third kappa shape index (κ3) is 43.5. The van der Waals surface area contributed by atoms with Crippen LogP contribution in [0, 0.1) is 0 Å². The van der Waals surface area contributed by atoms with Gasteiger partial charge in [0.1, 0.15) is 19.3 Å². The lowest BCUT2D eigenvalue weighted by molar-refractivity contribution is -0.176. The fourth-order valence-corrected chi connectivity index (χ4v) is 9.06. The molecule has 0 aliphatic carbocycles. The van der Waals surface area contributed by atoms with Gasteiger partial charge in [-0.15, -0.1) is 0 Å². The van der Waals surface area contributed by atoms with Gasteiger partial charge in [-0.25, -0.2) is 9.59 Å². The van der Waals surface area contributed by atoms with Crippen molar-refractivity contribution in [3.05, 3.63) is 0 Å². The number of nitrogens with zero attached hydrogens (tertiary/aromatic N) is 2. The Hall–Kier alpha value is -4.28. The van der Waals surface area contributed by atoms with Crippen LogP contribution in [0.5, 0.6) is 0 Å². The highest BCUT2D eigenvalue weighted by atomic mass is 16.6. The van der Waals surface area contributed by atoms with Crippen molar-refractivity contribution in [1.29, 1.82) is 0 Å². The molecule has 0 saturated heterocycles. The quantitative estimate of drug-likeness (QED) is 0.0315. The average molecular weight is 1140 g/mol. The van der Waals surface area contributed by atoms with Crippen LogP contribution >= 0.6 is 0 Å². The summed E-state index contributed by atoms with van der Waals surface area (Å²) in [7, 11) is 3.84. The van der Waals surface area contributed by atoms with Gasteiger partial charge < -0.3 is 43.0 Å². The van der Waals surface area contributed by atoms with Gasteiger partial charge in [-0.2, -0.15) is 0 Å². The molecule has 0 N–H and O–H groups in total. The van der Waals surface area contributed by atoms with E-state index >= 15 is 0 Å². The molecule has 0 aliphatic heterocycles. The van der Waals surface area contributed by atoms with E-state index in [4.69, 9.17) is 33.2 Å². The topological polar surface area (TPSA) is 208 Å². The lowest BCUT2D eigenvalue weighted by atomic mass is 10.1. The molecule has 0 spiro atoms. The Morgan fingerprint density at radius 2 is 0.738 bits per heavy atom. The summed E-state index contributed by atoms with van der Waals surface area (Å²) >= 11 is 0. The number of carbonyl (C=O) groups excluding carboxylic acids is 8. The molecule has 0 fully saturated rings. The molecule has 0 bridgehead atoms. The van der Waals surface area contributed by atoms with E-state index in [9.17, 15) is 38.4 Å². The SMILES string of the molecule is CCCCCCCCCCOC(=O)CC(OC(=O)CCCCC)C(=O)OCC(COC(=O)C(CC(=O)OCCCCCCCCCC)OC(=O)CCCCC)N(CCCCN(C)C)C(=O)CCC(=O)OC(CCC)CCCCCC. The van der Waals surface area contributed by atoms with Crippen LogP contribution in [0.2, 0.25) is 0 Å². The van der Waals surface area contributed by atoms with Crippen molar-refractivity contribution >= 4 is 47.7 Å². The summed E-state index contributed by atoms with van der Waals surface area (Å²) in [6, 6.07) is -1.19. The predicted octanol–water partition coefficient (Wildman–Crippen LogP) is 13.2. The van der Waals surface area contributed by atoms with E-state index in [1.165, 1.54) is 43.4 Å². The summed E-state index contributed by atoms with van der Waals surface area (Å²) in [4.78, 5) is 112. The molecule has 0 aromatic carbocycles. The fraction of sp³-hybridized carbons (Fsp3) is 0.873. The van der Waals surface area contributed by atoms with E-state index in [0.29, 0.717) is 51.5 Å². The summed E-state index contributed by atoms with van der Waals surface area (Å²) in [6.07, 6.45) is 23.0. The second-order valence-electron chi connectivity index (χ2n) is 21.9. The second kappa shape index (κ2) is 52.8. The number of carbonyl (C=O) groups is 8. The van der Waals surface area contributed by atoms with Crippen LogP contribution < -0.4 is 0 Å². The van der Waals surface area contributed by atoms with Crippen molar-refractivity contribution in [3.63, 3.8) is 0 Å². The average Bonchev–Trinajstić information content (AvgIpc) is 3.42. The van der Waals surface area contributed by atoms with E-state index in [0.717, 1.165) is 116 Å². The zero-order chi connectivity index (χ0) is 59.4. The second-order valence-corrected chi connectivity index (χ2v) is 21.9. The Balaban J connectivity index is 6.83. The first-order valence-electron chi connectivity index (χ1n) is 31.8. The summed E-state index contributed by atoms with van der Waals surface area (Å²) < 4.78 is 39.7. The molecule has 0 aromatic rings. The van der Waals surface area contributed by atoms with Crippen molar-refractivity contribution < 1.29 is 71.5 Å². The fourth-order valence-electron chi connectivity index (χ4n) is 9.06. The molecule has 80 heavy (non-hydrogen) atoms. The Bertz CT molecular complexity index is 1550. The number of rotatable bonds is 55. The number of ether oxygens (including phenoxy) is 7. The predicted molar refractivity (Wildman–Crippen MR) is 312 cm³/mol. The van der Waals surface area contributed by atoms with Crippen LogP contribution in [0.1, 0.15) is 279 Å². The Morgan fingerprint density at radius 1 is 0.350 bits per heavy atom. The van der Waals surface area contributed by atoms with E-state index in [1.807, 2.05) is 39.8 Å². The zero-order valence-electron chi connectivity index (χ0n) is 51.7. The molecular weight excluding hydrogens is 1020 g/mol. The smallest absolute Gasteiger partial charge is 0.348 e. The first kappa shape index (κ1) is 75.7. The number of amides is 1. The normalized spacial score (nSPS) is 12.7. The van der Waals surface area contributed by atoms with E-state index in [-0.39, 0.29) is 51.5 Å². The summed E-state index contributed by atoms with van der Waals surface area (Å²) in [5.41, 5.74) is 0. The highest BCUT2D eigenvalue weighted by Gasteiger charge is 2.34. The van der Waals surface area contributed by atoms with Gasteiger partial charge in [0.05, 0.1) is 38.5 Å². The molecule has 0 heterocycles. The summed E-state index contributed by atoms with van der Waals surface area (Å²) in [5.74, 6) is -6.07. The molecule has 3 atom stereocenters. The number of unbranched alkanes of at least 4 members (excludes halogenated alkanes) is 22. The van der Waals surface area contributed by atoms with Gasteiger partial charge in [-0.3, -0.25) is 28.8 Å². The van der Waals surface area contributed by atoms with Crippen molar-refractivity contribution in [2.75, 3.05) is 53.6 Å². The summed E-state index contributed by atoms with van der Waals surface area (Å²) in [6.45, 7) is 12.3. The maximum absolute atomic E-state index is 14.5. The van der Waals surface area contributed by atoms with Gasteiger partial charge in [-0.05, 0) is 78.4 Å². The monoisotopic (exact) mass is 1140 g/mol. The lowest BCUT2D eigenvalue weighted by Gasteiger charge is -2.32. The van der Waals surface area contributed by atoms with E-state index in [2.05, 4.69) is 20.8 Å². The van der Waals surface area contributed by atoms with Gasteiger partial charge in [0, 0.05) is 25.8 Å². The Kier molecular flexibility index (Phi) is 49.9. The molecule has 17 nitrogen and oxygen atoms in total. The van der Waals surface area contributed by atoms with Crippen LogP contribution in [0.4, 0.5) is 0 Å². The molecule has 1 amide bonds. The third-order valence-electron chi connectivity index (χ3n) is 14.0. The van der Waals surface area contributed by atoms with Crippen molar-refractivity contribution in [3.8, 4) is 0 Å². The third-order valence-corrected chi connectivity index (χ3v) is 14.0. The van der Waals surface area contributed by atoms with Crippen LogP contribution in [-0.2, 0) is 71.5 Å². The Labute approximate surface area is 484 Å². The highest BCUT2D eigenvalue weighted by Crippen LogP contribution is 2.19. The molecule has 0 rings (SSSR count). The van der Waals surface area contributed by atoms with Gasteiger partial charge in [0.2, 0.25) is 18.1 Å². The van der Waals surface area contributed by atoms with Crippen LogP contribution in [0.25, 0.3) is 0 Å². The zero-order valence-corrected chi connectivity index (χ0v) is 51.7. The summed E-state index contributed by atoms with van der Waals surface area (Å²) in [5, 5.41) is 0. The van der Waals surface area contributed by atoms with Crippen LogP contribution in [-0.4, -0.2) is 135 Å². The molecule has 0 aliphatic rings. The highest BCUT2D eigenvalue weighted by molar-refractivity contribution is 5.86. The molecule has 466 valence electrons. The van der Waals surface area contributed by atoms with Gasteiger partial charge >= 0.3 is 41.8 Å². The molecule has 0 aromatic heterocycles. The van der Waals surface area contributed by atoms with Gasteiger partial charge in [0.25, 0.3) is 0 Å². The largest absolute Gasteiger partial charge is 0.466 e.